The van der Waals surface area contributed by atoms with Crippen molar-refractivity contribution >= 4 is 22.9 Å². The Hall–Kier alpha value is -3.32. The fourth-order valence-corrected chi connectivity index (χ4v) is 2.55. The number of rotatable bonds is 3. The normalized spacial score (nSPS) is 11.2. The summed E-state index contributed by atoms with van der Waals surface area (Å²) in [6, 6.07) is 11.5. The minimum absolute atomic E-state index is 0.0402. The first-order valence-electron chi connectivity index (χ1n) is 7.41. The summed E-state index contributed by atoms with van der Waals surface area (Å²) in [5.41, 5.74) is 2.00. The summed E-state index contributed by atoms with van der Waals surface area (Å²) in [4.78, 5) is 28.2. The molecule has 0 bridgehead atoms. The maximum atomic E-state index is 14.2. The van der Waals surface area contributed by atoms with Gasteiger partial charge in [-0.25, -0.2) is 14.9 Å². The van der Waals surface area contributed by atoms with Gasteiger partial charge in [0.25, 0.3) is 11.5 Å². The zero-order chi connectivity index (χ0) is 18.0. The van der Waals surface area contributed by atoms with Crippen molar-refractivity contribution in [3.63, 3.8) is 0 Å². The van der Waals surface area contributed by atoms with Crippen LogP contribution in [0.5, 0.6) is 0 Å². The predicted molar refractivity (Wildman–Crippen MR) is 91.0 cm³/mol. The molecule has 7 heteroatoms. The first kappa shape index (κ1) is 16.5. The average molecular weight is 339 g/mol. The molecule has 0 saturated heterocycles. The number of hydrogen-bond donors (Lipinski definition) is 2. The van der Waals surface area contributed by atoms with E-state index in [2.05, 4.69) is 4.98 Å². The smallest absolute Gasteiger partial charge is 0.267 e. The number of carbonyl (C=O) groups excluding carboxylic acids is 1. The standard InChI is InChI=1S/C18H14FN3O3/c1-11-20-16-10-15(19)12(7-8-17(23)21-25)9-14(16)18(24)22(11)13-5-3-2-4-6-13/h2-10,25H,1H3,(H,21,23)/b8-7+. The van der Waals surface area contributed by atoms with Gasteiger partial charge in [0.05, 0.1) is 16.6 Å². The molecule has 126 valence electrons. The number of fused-ring (bicyclic) bond motifs is 1. The molecule has 0 atom stereocenters. The van der Waals surface area contributed by atoms with E-state index in [9.17, 15) is 14.0 Å². The molecule has 25 heavy (non-hydrogen) atoms. The molecule has 3 rings (SSSR count). The van der Waals surface area contributed by atoms with E-state index in [4.69, 9.17) is 5.21 Å². The van der Waals surface area contributed by atoms with Gasteiger partial charge in [0.1, 0.15) is 11.6 Å². The fourth-order valence-electron chi connectivity index (χ4n) is 2.55. The molecule has 2 aromatic carbocycles. The van der Waals surface area contributed by atoms with E-state index in [1.807, 2.05) is 6.07 Å². The third kappa shape index (κ3) is 3.17. The van der Waals surface area contributed by atoms with Gasteiger partial charge in [-0.15, -0.1) is 0 Å². The number of para-hydroxylation sites is 1. The summed E-state index contributed by atoms with van der Waals surface area (Å²) in [6.07, 6.45) is 2.13. The van der Waals surface area contributed by atoms with Gasteiger partial charge in [-0.2, -0.15) is 0 Å². The van der Waals surface area contributed by atoms with Crippen molar-refractivity contribution in [2.24, 2.45) is 0 Å². The van der Waals surface area contributed by atoms with Gasteiger partial charge in [-0.1, -0.05) is 18.2 Å². The van der Waals surface area contributed by atoms with Crippen LogP contribution in [0.4, 0.5) is 4.39 Å². The number of carbonyl (C=O) groups is 1. The van der Waals surface area contributed by atoms with E-state index in [1.165, 1.54) is 22.2 Å². The maximum absolute atomic E-state index is 14.2. The number of nitrogens with one attached hydrogen (secondary N) is 1. The predicted octanol–water partition coefficient (Wildman–Crippen LogP) is 2.35. The van der Waals surface area contributed by atoms with Gasteiger partial charge in [0.15, 0.2) is 0 Å². The number of nitrogens with zero attached hydrogens (tertiary/aromatic N) is 2. The molecule has 0 aliphatic heterocycles. The molecule has 3 aromatic rings. The third-order valence-corrected chi connectivity index (χ3v) is 3.69. The number of aryl methyl sites for hydroxylation is 1. The molecule has 0 unspecified atom stereocenters. The van der Waals surface area contributed by atoms with Crippen molar-refractivity contribution in [2.45, 2.75) is 6.92 Å². The maximum Gasteiger partial charge on any atom is 0.267 e. The number of benzene rings is 2. The zero-order valence-corrected chi connectivity index (χ0v) is 13.2. The van der Waals surface area contributed by atoms with Crippen LogP contribution < -0.4 is 11.0 Å². The first-order valence-corrected chi connectivity index (χ1v) is 7.41. The summed E-state index contributed by atoms with van der Waals surface area (Å²) in [5.74, 6) is -0.993. The summed E-state index contributed by atoms with van der Waals surface area (Å²) in [6.45, 7) is 1.67. The van der Waals surface area contributed by atoms with Crippen LogP contribution >= 0.6 is 0 Å². The van der Waals surface area contributed by atoms with E-state index in [-0.39, 0.29) is 22.0 Å². The second-order valence-corrected chi connectivity index (χ2v) is 5.34. The Bertz CT molecular complexity index is 1040. The van der Waals surface area contributed by atoms with E-state index in [1.54, 1.807) is 31.2 Å². The number of amides is 1. The van der Waals surface area contributed by atoms with Crippen molar-refractivity contribution in [3.05, 3.63) is 76.1 Å². The van der Waals surface area contributed by atoms with E-state index >= 15 is 0 Å². The summed E-state index contributed by atoms with van der Waals surface area (Å²) in [7, 11) is 0. The molecule has 0 fully saturated rings. The lowest BCUT2D eigenvalue weighted by atomic mass is 10.1. The fraction of sp³-hybridized carbons (Fsp3) is 0.0556. The number of aromatic nitrogens is 2. The molecule has 0 radical (unpaired) electrons. The molecule has 0 saturated carbocycles. The van der Waals surface area contributed by atoms with Crippen molar-refractivity contribution < 1.29 is 14.4 Å². The Balaban J connectivity index is 2.23. The van der Waals surface area contributed by atoms with Crippen LogP contribution in [-0.4, -0.2) is 20.7 Å². The van der Waals surface area contributed by atoms with Crippen LogP contribution in [-0.2, 0) is 4.79 Å². The van der Waals surface area contributed by atoms with Crippen molar-refractivity contribution in [2.75, 3.05) is 0 Å². The van der Waals surface area contributed by atoms with Gasteiger partial charge >= 0.3 is 0 Å². The monoisotopic (exact) mass is 339 g/mol. The SMILES string of the molecule is Cc1nc2cc(F)c(/C=C/C(=O)NO)cc2c(=O)n1-c1ccccc1. The van der Waals surface area contributed by atoms with Gasteiger partial charge in [-0.3, -0.25) is 19.4 Å². The Morgan fingerprint density at radius 2 is 2.00 bits per heavy atom. The Morgan fingerprint density at radius 1 is 1.28 bits per heavy atom. The van der Waals surface area contributed by atoms with E-state index in [0.717, 1.165) is 12.1 Å². The number of hydroxylamine groups is 1. The number of hydrogen-bond acceptors (Lipinski definition) is 4. The van der Waals surface area contributed by atoms with Crippen LogP contribution in [0.3, 0.4) is 0 Å². The molecule has 0 spiro atoms. The molecular weight excluding hydrogens is 325 g/mol. The summed E-state index contributed by atoms with van der Waals surface area (Å²) < 4.78 is 15.6. The van der Waals surface area contributed by atoms with Gasteiger partial charge in [0.2, 0.25) is 0 Å². The van der Waals surface area contributed by atoms with Crippen LogP contribution in [0.1, 0.15) is 11.4 Å². The third-order valence-electron chi connectivity index (χ3n) is 3.69. The van der Waals surface area contributed by atoms with Crippen molar-refractivity contribution in [1.82, 2.24) is 15.0 Å². The van der Waals surface area contributed by atoms with Crippen molar-refractivity contribution in [1.29, 1.82) is 0 Å². The highest BCUT2D eigenvalue weighted by Gasteiger charge is 2.12. The number of halogens is 1. The van der Waals surface area contributed by atoms with E-state index in [0.29, 0.717) is 11.5 Å². The van der Waals surface area contributed by atoms with Gasteiger partial charge in [-0.05, 0) is 31.2 Å². The lowest BCUT2D eigenvalue weighted by molar-refractivity contribution is -0.124. The quantitative estimate of drug-likeness (QED) is 0.436. The second kappa shape index (κ2) is 6.66. The second-order valence-electron chi connectivity index (χ2n) is 5.34. The summed E-state index contributed by atoms with van der Waals surface area (Å²) >= 11 is 0. The highest BCUT2D eigenvalue weighted by Crippen LogP contribution is 2.18. The Labute approximate surface area is 141 Å². The molecule has 1 aromatic heterocycles. The van der Waals surface area contributed by atoms with Crippen molar-refractivity contribution in [3.8, 4) is 5.69 Å². The molecule has 1 heterocycles. The van der Waals surface area contributed by atoms with Crippen LogP contribution in [0.15, 0.2) is 53.3 Å². The highest BCUT2D eigenvalue weighted by atomic mass is 19.1. The largest absolute Gasteiger partial charge is 0.288 e. The van der Waals surface area contributed by atoms with Crippen LogP contribution in [0.25, 0.3) is 22.7 Å². The van der Waals surface area contributed by atoms with Gasteiger partial charge < -0.3 is 0 Å². The highest BCUT2D eigenvalue weighted by molar-refractivity contribution is 5.91. The lowest BCUT2D eigenvalue weighted by Gasteiger charge is -2.11. The van der Waals surface area contributed by atoms with Gasteiger partial charge in [0, 0.05) is 17.7 Å². The minimum atomic E-state index is -0.803. The van der Waals surface area contributed by atoms with Crippen LogP contribution in [0.2, 0.25) is 0 Å². The minimum Gasteiger partial charge on any atom is -0.288 e. The molecule has 1 amide bonds. The zero-order valence-electron chi connectivity index (χ0n) is 13.2. The first-order chi connectivity index (χ1) is 12.0. The molecule has 0 aliphatic carbocycles. The lowest BCUT2D eigenvalue weighted by Crippen LogP contribution is -2.22. The summed E-state index contributed by atoms with van der Waals surface area (Å²) in [5, 5.41) is 8.71. The average Bonchev–Trinajstić information content (AvgIpc) is 2.61. The van der Waals surface area contributed by atoms with Crippen LogP contribution in [0, 0.1) is 12.7 Å². The molecule has 0 aliphatic rings. The Morgan fingerprint density at radius 3 is 2.68 bits per heavy atom. The van der Waals surface area contributed by atoms with E-state index < -0.39 is 11.7 Å². The Kier molecular flexibility index (Phi) is 4.40. The topological polar surface area (TPSA) is 84.2 Å². The molecule has 2 N–H and O–H groups in total. The molecule has 6 nitrogen and oxygen atoms in total. The molecular formula is C18H14FN3O3.